The first-order valence-corrected chi connectivity index (χ1v) is 12.1. The van der Waals surface area contributed by atoms with Gasteiger partial charge in [-0.2, -0.15) is 0 Å². The van der Waals surface area contributed by atoms with Crippen molar-refractivity contribution >= 4 is 22.7 Å². The maximum atomic E-state index is 13.7. The zero-order valence-electron chi connectivity index (χ0n) is 20.9. The van der Waals surface area contributed by atoms with Crippen LogP contribution in [0.15, 0.2) is 47.7 Å². The molecule has 4 atom stereocenters. The van der Waals surface area contributed by atoms with E-state index < -0.39 is 24.1 Å². The van der Waals surface area contributed by atoms with Crippen LogP contribution >= 0.6 is 0 Å². The van der Waals surface area contributed by atoms with Crippen molar-refractivity contribution in [1.29, 1.82) is 0 Å². The number of nitrogens with zero attached hydrogens (tertiary/aromatic N) is 3. The highest BCUT2D eigenvalue weighted by molar-refractivity contribution is 5.99. The molecule has 8 nitrogen and oxygen atoms in total. The van der Waals surface area contributed by atoms with Crippen LogP contribution in [0.1, 0.15) is 46.1 Å². The summed E-state index contributed by atoms with van der Waals surface area (Å²) >= 11 is 0. The predicted molar refractivity (Wildman–Crippen MR) is 131 cm³/mol. The second-order valence-corrected chi connectivity index (χ2v) is 10.1. The predicted octanol–water partition coefficient (Wildman–Crippen LogP) is 3.29. The minimum Gasteiger partial charge on any atom is -0.497 e. The van der Waals surface area contributed by atoms with E-state index in [0.717, 1.165) is 28.5 Å². The van der Waals surface area contributed by atoms with Crippen molar-refractivity contribution in [2.24, 2.45) is 0 Å². The Labute approximate surface area is 205 Å². The standard InChI is InChI=1S/C27H33N3O5/c1-16(2)10-12-28-15-20(19-9-8-18(34-5)14-22(19)28)27(33)24-26(32)29-11-6-7-21(29)25(31)30(24)23(35-27)13-17(3)4/h8-10,13-15,21,23-24,33H,6-7,11-12H2,1-5H3. The molecule has 0 aliphatic carbocycles. The summed E-state index contributed by atoms with van der Waals surface area (Å²) < 4.78 is 13.7. The van der Waals surface area contributed by atoms with Gasteiger partial charge in [0.25, 0.3) is 5.91 Å². The third kappa shape index (κ3) is 3.67. The number of ether oxygens (including phenoxy) is 2. The number of carbonyl (C=O) groups excluding carboxylic acids is 2. The average Bonchev–Trinajstić information content (AvgIpc) is 3.50. The number of piperazine rings is 1. The highest BCUT2D eigenvalue weighted by atomic mass is 16.7. The van der Waals surface area contributed by atoms with Crippen LogP contribution in [0.25, 0.3) is 10.9 Å². The minimum absolute atomic E-state index is 0.166. The number of methoxy groups -OCH3 is 1. The second kappa shape index (κ2) is 8.53. The summed E-state index contributed by atoms with van der Waals surface area (Å²) in [5.74, 6) is -1.74. The molecule has 3 aliphatic rings. The summed E-state index contributed by atoms with van der Waals surface area (Å²) in [5.41, 5.74) is 3.41. The van der Waals surface area contributed by atoms with Gasteiger partial charge in [-0.25, -0.2) is 0 Å². The lowest BCUT2D eigenvalue weighted by Gasteiger charge is -2.41. The number of hydrogen-bond acceptors (Lipinski definition) is 5. The van der Waals surface area contributed by atoms with Gasteiger partial charge in [-0.3, -0.25) is 14.5 Å². The molecule has 0 saturated carbocycles. The highest BCUT2D eigenvalue weighted by Crippen LogP contribution is 2.47. The Morgan fingerprint density at radius 1 is 1.20 bits per heavy atom. The molecule has 2 aromatic rings. The molecule has 0 bridgehead atoms. The van der Waals surface area contributed by atoms with E-state index in [1.165, 1.54) is 4.90 Å². The van der Waals surface area contributed by atoms with Gasteiger partial charge in [0, 0.05) is 36.3 Å². The van der Waals surface area contributed by atoms with Crippen LogP contribution in [0.3, 0.4) is 0 Å². The van der Waals surface area contributed by atoms with Crippen LogP contribution in [-0.2, 0) is 26.7 Å². The monoisotopic (exact) mass is 479 g/mol. The molecule has 3 saturated heterocycles. The lowest BCUT2D eigenvalue weighted by atomic mass is 9.93. The lowest BCUT2D eigenvalue weighted by Crippen LogP contribution is -2.65. The van der Waals surface area contributed by atoms with E-state index in [1.807, 2.05) is 56.7 Å². The molecule has 1 N–H and O–H groups in total. The number of benzene rings is 1. The van der Waals surface area contributed by atoms with Crippen LogP contribution in [0.5, 0.6) is 5.75 Å². The lowest BCUT2D eigenvalue weighted by molar-refractivity contribution is -0.203. The average molecular weight is 480 g/mol. The van der Waals surface area contributed by atoms with Crippen LogP contribution in [-0.4, -0.2) is 63.3 Å². The first-order chi connectivity index (χ1) is 16.7. The number of aromatic nitrogens is 1. The summed E-state index contributed by atoms with van der Waals surface area (Å²) in [6.45, 7) is 8.97. The number of fused-ring (bicyclic) bond motifs is 3. The smallest absolute Gasteiger partial charge is 0.252 e. The molecule has 35 heavy (non-hydrogen) atoms. The van der Waals surface area contributed by atoms with Crippen molar-refractivity contribution in [3.63, 3.8) is 0 Å². The molecule has 3 aliphatic heterocycles. The molecule has 4 unspecified atom stereocenters. The van der Waals surface area contributed by atoms with E-state index in [0.29, 0.717) is 30.8 Å². The molecule has 0 radical (unpaired) electrons. The van der Waals surface area contributed by atoms with Gasteiger partial charge < -0.3 is 24.0 Å². The molecule has 2 amide bonds. The Balaban J connectivity index is 1.70. The molecule has 1 aromatic heterocycles. The van der Waals surface area contributed by atoms with Gasteiger partial charge in [-0.1, -0.05) is 17.2 Å². The number of amides is 2. The molecule has 0 spiro atoms. The van der Waals surface area contributed by atoms with E-state index >= 15 is 0 Å². The topological polar surface area (TPSA) is 84.2 Å². The van der Waals surface area contributed by atoms with Gasteiger partial charge in [0.05, 0.1) is 12.6 Å². The number of aliphatic hydroxyl groups is 1. The Morgan fingerprint density at radius 2 is 1.97 bits per heavy atom. The Morgan fingerprint density at radius 3 is 2.66 bits per heavy atom. The summed E-state index contributed by atoms with van der Waals surface area (Å²) in [6.07, 6.45) is 6.30. The zero-order chi connectivity index (χ0) is 25.1. The SMILES string of the molecule is COc1ccc2c(C3(O)OC(C=C(C)C)N4C(=O)C5CCCN5C(=O)C43)cn(CC=C(C)C)c2c1. The Kier molecular flexibility index (Phi) is 5.76. The second-order valence-electron chi connectivity index (χ2n) is 10.1. The van der Waals surface area contributed by atoms with Gasteiger partial charge in [0.1, 0.15) is 11.8 Å². The van der Waals surface area contributed by atoms with E-state index in [9.17, 15) is 14.7 Å². The van der Waals surface area contributed by atoms with Crippen molar-refractivity contribution in [1.82, 2.24) is 14.4 Å². The fourth-order valence-electron chi connectivity index (χ4n) is 5.52. The maximum absolute atomic E-state index is 13.7. The first kappa shape index (κ1) is 23.6. The van der Waals surface area contributed by atoms with Gasteiger partial charge >= 0.3 is 0 Å². The van der Waals surface area contributed by atoms with Crippen LogP contribution < -0.4 is 4.74 Å². The van der Waals surface area contributed by atoms with Gasteiger partial charge in [0.15, 0.2) is 12.3 Å². The van der Waals surface area contributed by atoms with Crippen LogP contribution in [0, 0.1) is 0 Å². The summed E-state index contributed by atoms with van der Waals surface area (Å²) in [6, 6.07) is 3.96. The van der Waals surface area contributed by atoms with Crippen LogP contribution in [0.4, 0.5) is 0 Å². The molecule has 5 rings (SSSR count). The summed E-state index contributed by atoms with van der Waals surface area (Å²) in [4.78, 5) is 30.4. The third-order valence-electron chi connectivity index (χ3n) is 7.18. The van der Waals surface area contributed by atoms with Gasteiger partial charge in [0.2, 0.25) is 11.7 Å². The minimum atomic E-state index is -2.00. The summed E-state index contributed by atoms with van der Waals surface area (Å²) in [5, 5.41) is 13.0. The fraction of sp³-hybridized carbons (Fsp3) is 0.481. The molecule has 8 heteroatoms. The molecule has 3 fully saturated rings. The molecule has 186 valence electrons. The Bertz CT molecular complexity index is 1250. The Hall–Kier alpha value is -3.10. The van der Waals surface area contributed by atoms with E-state index in [-0.39, 0.29) is 11.8 Å². The summed E-state index contributed by atoms with van der Waals surface area (Å²) in [7, 11) is 1.61. The van der Waals surface area contributed by atoms with E-state index in [2.05, 4.69) is 6.08 Å². The third-order valence-corrected chi connectivity index (χ3v) is 7.18. The fourth-order valence-corrected chi connectivity index (χ4v) is 5.52. The van der Waals surface area contributed by atoms with Crippen molar-refractivity contribution in [2.45, 2.75) is 71.2 Å². The van der Waals surface area contributed by atoms with Crippen molar-refractivity contribution < 1.29 is 24.2 Å². The number of rotatable bonds is 5. The largest absolute Gasteiger partial charge is 0.497 e. The van der Waals surface area contributed by atoms with E-state index in [1.54, 1.807) is 18.1 Å². The van der Waals surface area contributed by atoms with Crippen molar-refractivity contribution in [2.75, 3.05) is 13.7 Å². The first-order valence-electron chi connectivity index (χ1n) is 12.1. The van der Waals surface area contributed by atoms with Gasteiger partial charge in [-0.15, -0.1) is 0 Å². The van der Waals surface area contributed by atoms with Crippen LogP contribution in [0.2, 0.25) is 0 Å². The van der Waals surface area contributed by atoms with E-state index in [4.69, 9.17) is 9.47 Å². The zero-order valence-corrected chi connectivity index (χ0v) is 20.9. The number of hydrogen-bond donors (Lipinski definition) is 1. The molecular weight excluding hydrogens is 446 g/mol. The van der Waals surface area contributed by atoms with Gasteiger partial charge in [-0.05, 0) is 58.7 Å². The van der Waals surface area contributed by atoms with Crippen molar-refractivity contribution in [3.8, 4) is 5.75 Å². The molecular formula is C27H33N3O5. The van der Waals surface area contributed by atoms with Crippen molar-refractivity contribution in [3.05, 3.63) is 53.3 Å². The molecule has 1 aromatic carbocycles. The number of carbonyl (C=O) groups is 2. The quantitative estimate of drug-likeness (QED) is 0.666. The number of allylic oxidation sites excluding steroid dienone is 3. The normalized spacial score (nSPS) is 27.8. The highest BCUT2D eigenvalue weighted by Gasteiger charge is 2.64. The molecule has 4 heterocycles. The maximum Gasteiger partial charge on any atom is 0.252 e.